The summed E-state index contributed by atoms with van der Waals surface area (Å²) < 4.78 is 0. The summed E-state index contributed by atoms with van der Waals surface area (Å²) in [4.78, 5) is 23.4. The van der Waals surface area contributed by atoms with E-state index in [1.54, 1.807) is 48.5 Å². The van der Waals surface area contributed by atoms with E-state index in [0.29, 0.717) is 21.4 Å². The van der Waals surface area contributed by atoms with Crippen molar-refractivity contribution in [3.8, 4) is 0 Å². The van der Waals surface area contributed by atoms with Crippen LogP contribution in [-0.4, -0.2) is 26.6 Å². The van der Waals surface area contributed by atoms with Gasteiger partial charge < -0.3 is 10.4 Å². The zero-order chi connectivity index (χ0) is 24.9. The molecule has 1 aliphatic carbocycles. The van der Waals surface area contributed by atoms with Crippen LogP contribution in [0.3, 0.4) is 0 Å². The molecule has 0 amide bonds. The maximum Gasteiger partial charge on any atom is 0.335 e. The quantitative estimate of drug-likeness (QED) is 0.193. The second kappa shape index (κ2) is 9.54. The number of benzene rings is 3. The highest BCUT2D eigenvalue weighted by atomic mass is 35.5. The maximum atomic E-state index is 11.7. The predicted octanol–water partition coefficient (Wildman–Crippen LogP) is 7.64. The van der Waals surface area contributed by atoms with Crippen molar-refractivity contribution in [2.24, 2.45) is 5.92 Å². The smallest absolute Gasteiger partial charge is 0.335 e. The number of thioether (sulfide) groups is 1. The fourth-order valence-corrected chi connectivity index (χ4v) is 7.65. The van der Waals surface area contributed by atoms with Crippen molar-refractivity contribution in [3.05, 3.63) is 97.5 Å². The van der Waals surface area contributed by atoms with Crippen LogP contribution in [0.5, 0.6) is 0 Å². The molecule has 0 spiro atoms. The zero-order valence-corrected chi connectivity index (χ0v) is 21.1. The van der Waals surface area contributed by atoms with E-state index in [2.05, 4.69) is 5.32 Å². The summed E-state index contributed by atoms with van der Waals surface area (Å²) in [6, 6.07) is 16.8. The van der Waals surface area contributed by atoms with Gasteiger partial charge in [0.1, 0.15) is 0 Å². The molecule has 6 nitrogen and oxygen atoms in total. The number of nitrogens with one attached hydrogen (secondary N) is 1. The molecule has 10 heteroatoms. The summed E-state index contributed by atoms with van der Waals surface area (Å²) in [5.41, 5.74) is 2.74. The summed E-state index contributed by atoms with van der Waals surface area (Å²) in [7, 11) is 0. The van der Waals surface area contributed by atoms with Gasteiger partial charge in [0, 0.05) is 33.0 Å². The third-order valence-corrected chi connectivity index (χ3v) is 9.37. The first-order valence-electron chi connectivity index (χ1n) is 10.9. The second-order valence-corrected chi connectivity index (χ2v) is 11.3. The molecule has 3 aromatic carbocycles. The van der Waals surface area contributed by atoms with Crippen LogP contribution < -0.4 is 5.32 Å². The van der Waals surface area contributed by atoms with E-state index in [-0.39, 0.29) is 44.7 Å². The van der Waals surface area contributed by atoms with Gasteiger partial charge in [0.25, 0.3) is 5.69 Å². The number of nitro groups is 1. The van der Waals surface area contributed by atoms with E-state index in [1.165, 1.54) is 17.8 Å². The van der Waals surface area contributed by atoms with E-state index in [4.69, 9.17) is 34.8 Å². The number of hydrogen-bond donors (Lipinski definition) is 2. The van der Waals surface area contributed by atoms with Crippen molar-refractivity contribution >= 4 is 63.9 Å². The Labute approximate surface area is 220 Å². The lowest BCUT2D eigenvalue weighted by Gasteiger charge is -2.38. The van der Waals surface area contributed by atoms with Crippen molar-refractivity contribution < 1.29 is 14.8 Å². The molecule has 1 aliphatic heterocycles. The molecule has 1 saturated carbocycles. The molecule has 1 fully saturated rings. The zero-order valence-electron chi connectivity index (χ0n) is 18.0. The Morgan fingerprint density at radius 1 is 1.09 bits per heavy atom. The number of hydrogen-bond acceptors (Lipinski definition) is 5. The Hall–Kier alpha value is -2.45. The van der Waals surface area contributed by atoms with Crippen LogP contribution in [0.2, 0.25) is 10.0 Å². The number of fused-ring (bicyclic) bond motifs is 3. The van der Waals surface area contributed by atoms with Crippen molar-refractivity contribution in [2.45, 2.75) is 33.9 Å². The molecule has 3 aromatic rings. The fourth-order valence-electron chi connectivity index (χ4n) is 5.18. The Bertz CT molecular complexity index is 1340. The van der Waals surface area contributed by atoms with Crippen molar-refractivity contribution in [3.63, 3.8) is 0 Å². The number of alkyl halides is 1. The van der Waals surface area contributed by atoms with Gasteiger partial charge in [-0.2, -0.15) is 0 Å². The summed E-state index contributed by atoms with van der Waals surface area (Å²) in [5, 5.41) is 25.2. The summed E-state index contributed by atoms with van der Waals surface area (Å²) in [6.07, 6.45) is 0.656. The lowest BCUT2D eigenvalue weighted by molar-refractivity contribution is -0.387. The number of anilines is 1. The molecule has 5 rings (SSSR count). The van der Waals surface area contributed by atoms with Gasteiger partial charge in [-0.15, -0.1) is 23.4 Å². The third kappa shape index (κ3) is 4.47. The number of nitrogens with zero attached hydrogens (tertiary/aromatic N) is 1. The molecular formula is C25H19Cl3N2O4S. The number of carboxylic acid groups (broad SMARTS) is 1. The summed E-state index contributed by atoms with van der Waals surface area (Å²) >= 11 is 21.2. The predicted molar refractivity (Wildman–Crippen MR) is 139 cm³/mol. The van der Waals surface area contributed by atoms with Crippen molar-refractivity contribution in [1.29, 1.82) is 0 Å². The molecule has 180 valence electrons. The first-order valence-corrected chi connectivity index (χ1v) is 12.9. The fraction of sp³-hybridized carbons (Fsp3) is 0.240. The van der Waals surface area contributed by atoms with E-state index in [0.717, 1.165) is 16.8 Å². The van der Waals surface area contributed by atoms with Gasteiger partial charge in [-0.25, -0.2) is 4.79 Å². The highest BCUT2D eigenvalue weighted by Crippen LogP contribution is 2.58. The molecule has 0 radical (unpaired) electrons. The molecule has 0 saturated heterocycles. The van der Waals surface area contributed by atoms with Crippen molar-refractivity contribution in [2.75, 3.05) is 5.32 Å². The van der Waals surface area contributed by atoms with E-state index >= 15 is 0 Å². The van der Waals surface area contributed by atoms with Gasteiger partial charge in [-0.05, 0) is 59.9 Å². The second-order valence-electron chi connectivity index (χ2n) is 8.65. The number of halogens is 3. The highest BCUT2D eigenvalue weighted by Gasteiger charge is 2.50. The number of para-hydroxylation sites is 1. The molecule has 2 N–H and O–H groups in total. The minimum absolute atomic E-state index is 0.0204. The van der Waals surface area contributed by atoms with Crippen molar-refractivity contribution in [1.82, 2.24) is 0 Å². The molecule has 2 aliphatic rings. The maximum absolute atomic E-state index is 11.7. The standard InChI is InChI=1S/C25H19Cl3N2O4S/c26-13-6-7-14(17(27)10-13)24-16-11-21(35-20-4-2-1-3-19(20)30(33)34)23(28)22(16)15-9-12(25(31)32)5-8-18(15)29-24/h1-10,16,21-24,29H,11H2,(H,31,32)/t16-,21-,22+,23-,24+/m1/s1. The van der Waals surface area contributed by atoms with E-state index in [1.807, 2.05) is 6.07 Å². The number of nitro benzene ring substituents is 1. The average Bonchev–Trinajstić information content (AvgIpc) is 3.15. The van der Waals surface area contributed by atoms with Crippen LogP contribution in [0.25, 0.3) is 0 Å². The monoisotopic (exact) mass is 548 g/mol. The largest absolute Gasteiger partial charge is 0.478 e. The molecule has 0 unspecified atom stereocenters. The minimum Gasteiger partial charge on any atom is -0.478 e. The van der Waals surface area contributed by atoms with Gasteiger partial charge in [0.2, 0.25) is 0 Å². The summed E-state index contributed by atoms with van der Waals surface area (Å²) in [5.74, 6) is -1.21. The minimum atomic E-state index is -1.01. The van der Waals surface area contributed by atoms with Gasteiger partial charge in [0.05, 0.1) is 26.8 Å². The van der Waals surface area contributed by atoms with Crippen LogP contribution in [0, 0.1) is 16.0 Å². The normalized spacial score (nSPS) is 24.8. The lowest BCUT2D eigenvalue weighted by atomic mass is 9.77. The molecule has 35 heavy (non-hydrogen) atoms. The van der Waals surface area contributed by atoms with Crippen LogP contribution >= 0.6 is 46.6 Å². The Morgan fingerprint density at radius 3 is 2.57 bits per heavy atom. The van der Waals surface area contributed by atoms with Gasteiger partial charge in [-0.1, -0.05) is 41.4 Å². The number of carboxylic acids is 1. The molecule has 5 atom stereocenters. The molecule has 1 heterocycles. The van der Waals surface area contributed by atoms with Crippen LogP contribution in [0.4, 0.5) is 11.4 Å². The number of rotatable bonds is 5. The highest BCUT2D eigenvalue weighted by molar-refractivity contribution is 8.00. The topological polar surface area (TPSA) is 92.5 Å². The van der Waals surface area contributed by atoms with E-state index < -0.39 is 5.97 Å². The lowest BCUT2D eigenvalue weighted by Crippen LogP contribution is -2.31. The van der Waals surface area contributed by atoms with Crippen LogP contribution in [-0.2, 0) is 0 Å². The third-order valence-electron chi connectivity index (χ3n) is 6.70. The Balaban J connectivity index is 1.58. The number of carbonyl (C=O) groups is 1. The van der Waals surface area contributed by atoms with Gasteiger partial charge in [-0.3, -0.25) is 10.1 Å². The molecular weight excluding hydrogens is 531 g/mol. The molecule has 0 bridgehead atoms. The SMILES string of the molecule is O=C(O)c1ccc2c(c1)[C@@H]1[C@H](Cl)[C@H](Sc3ccccc3[N+](=O)[O-])C[C@H]1[C@H](c1ccc(Cl)cc1Cl)N2. The number of aromatic carboxylic acids is 1. The first-order chi connectivity index (χ1) is 16.7. The van der Waals surface area contributed by atoms with Gasteiger partial charge in [0.15, 0.2) is 0 Å². The molecule has 0 aromatic heterocycles. The first kappa shape index (κ1) is 24.3. The van der Waals surface area contributed by atoms with Crippen LogP contribution in [0.15, 0.2) is 65.6 Å². The van der Waals surface area contributed by atoms with E-state index in [9.17, 15) is 20.0 Å². The Kier molecular flexibility index (Phi) is 6.61. The van der Waals surface area contributed by atoms with Crippen LogP contribution in [0.1, 0.15) is 39.9 Å². The van der Waals surface area contributed by atoms with Gasteiger partial charge >= 0.3 is 5.97 Å². The Morgan fingerprint density at radius 2 is 1.86 bits per heavy atom. The summed E-state index contributed by atoms with van der Waals surface area (Å²) in [6.45, 7) is 0. The average molecular weight is 550 g/mol.